The molecule has 6 atom stereocenters. The van der Waals surface area contributed by atoms with E-state index < -0.39 is 23.5 Å². The molecule has 352 valence electrons. The van der Waals surface area contributed by atoms with Crippen LogP contribution in [0.15, 0.2) is 60.7 Å². The normalized spacial score (nSPS) is 23.5. The van der Waals surface area contributed by atoms with Crippen molar-refractivity contribution in [3.63, 3.8) is 0 Å². The molecule has 15 nitrogen and oxygen atoms in total. The van der Waals surface area contributed by atoms with Gasteiger partial charge in [0.15, 0.2) is 11.5 Å². The molecule has 6 aromatic rings. The van der Waals surface area contributed by atoms with E-state index in [2.05, 4.69) is 20.5 Å². The van der Waals surface area contributed by atoms with E-state index in [1.54, 1.807) is 51.5 Å². The van der Waals surface area contributed by atoms with Crippen molar-refractivity contribution in [2.45, 2.75) is 69.2 Å². The number of hydrogen-bond acceptors (Lipinski definition) is 13. The predicted molar refractivity (Wildman–Crippen MR) is 245 cm³/mol. The Balaban J connectivity index is 0.000000200. The first-order valence-electron chi connectivity index (χ1n) is 22.2. The number of imidazole rings is 2. The van der Waals surface area contributed by atoms with Crippen LogP contribution >= 0.6 is 23.2 Å². The molecule has 3 saturated heterocycles. The lowest BCUT2D eigenvalue weighted by molar-refractivity contribution is -0.0710. The molecule has 0 spiro atoms. The lowest BCUT2D eigenvalue weighted by Crippen LogP contribution is -2.33. The molecule has 1 aliphatic carbocycles. The molecule has 11 rings (SSSR count). The molecular weight excluding hydrogens is 908 g/mol. The SMILES string of the molecule is COC(=O)c1cc(OC)c2nc(CCl)n(C[C@@H]3CCO3)c2c1.COC(=O)c1cc(OC)c2nc(CN3C[C@@H]4C(c5cccc6c5OC(C)(c5ccc(Cl)cc5F)O6)[C@@H]4C3)n(C[C@@H]3CCO3)c2c1. The van der Waals surface area contributed by atoms with Crippen LogP contribution in [0.1, 0.15) is 69.2 Å². The molecule has 1 saturated carbocycles. The summed E-state index contributed by atoms with van der Waals surface area (Å²) >= 11 is 12.0. The predicted octanol–water partition coefficient (Wildman–Crippen LogP) is 8.26. The molecule has 4 aromatic carbocycles. The van der Waals surface area contributed by atoms with Gasteiger partial charge in [-0.3, -0.25) is 4.90 Å². The Hall–Kier alpha value is -5.65. The Morgan fingerprint density at radius 3 is 1.87 bits per heavy atom. The average molecular weight is 959 g/mol. The molecule has 4 aliphatic heterocycles. The number of carbonyl (C=O) groups excluding carboxylic acids is 2. The van der Waals surface area contributed by atoms with Crippen LogP contribution in [0.5, 0.6) is 23.0 Å². The van der Waals surface area contributed by atoms with Gasteiger partial charge in [-0.05, 0) is 79.1 Å². The molecule has 0 bridgehead atoms. The number of aromatic nitrogens is 4. The maximum Gasteiger partial charge on any atom is 0.338 e. The molecule has 18 heteroatoms. The number of hydrogen-bond donors (Lipinski definition) is 0. The first kappa shape index (κ1) is 45.1. The number of methoxy groups -OCH3 is 4. The quantitative estimate of drug-likeness (QED) is 0.0809. The van der Waals surface area contributed by atoms with E-state index in [-0.39, 0.29) is 18.1 Å². The van der Waals surface area contributed by atoms with Gasteiger partial charge < -0.3 is 47.0 Å². The van der Waals surface area contributed by atoms with Crippen LogP contribution in [-0.2, 0) is 50.2 Å². The summed E-state index contributed by atoms with van der Waals surface area (Å²) in [6, 6.07) is 17.4. The van der Waals surface area contributed by atoms with Gasteiger partial charge in [-0.2, -0.15) is 0 Å². The maximum absolute atomic E-state index is 14.9. The van der Waals surface area contributed by atoms with Crippen molar-refractivity contribution in [2.75, 3.05) is 54.7 Å². The van der Waals surface area contributed by atoms with Crippen molar-refractivity contribution in [3.8, 4) is 23.0 Å². The van der Waals surface area contributed by atoms with Crippen LogP contribution in [0, 0.1) is 17.7 Å². The number of nitrogens with zero attached hydrogens (tertiary/aromatic N) is 5. The van der Waals surface area contributed by atoms with Crippen molar-refractivity contribution in [3.05, 3.63) is 105 Å². The zero-order valence-corrected chi connectivity index (χ0v) is 39.2. The highest BCUT2D eigenvalue weighted by molar-refractivity contribution is 6.30. The highest BCUT2D eigenvalue weighted by atomic mass is 35.5. The summed E-state index contributed by atoms with van der Waals surface area (Å²) in [5.41, 5.74) is 5.29. The van der Waals surface area contributed by atoms with Crippen LogP contribution < -0.4 is 18.9 Å². The molecule has 5 aliphatic rings. The number of carbonyl (C=O) groups is 2. The monoisotopic (exact) mass is 957 g/mol. The Labute approximate surface area is 395 Å². The van der Waals surface area contributed by atoms with Gasteiger partial charge in [0, 0.05) is 43.8 Å². The van der Waals surface area contributed by atoms with Crippen LogP contribution in [0.25, 0.3) is 22.1 Å². The van der Waals surface area contributed by atoms with Crippen LogP contribution in [0.4, 0.5) is 4.39 Å². The van der Waals surface area contributed by atoms with Crippen molar-refractivity contribution < 1.29 is 51.9 Å². The smallest absolute Gasteiger partial charge is 0.338 e. The van der Waals surface area contributed by atoms with Crippen molar-refractivity contribution in [1.82, 2.24) is 24.0 Å². The van der Waals surface area contributed by atoms with Gasteiger partial charge in [0.1, 0.15) is 40.0 Å². The Morgan fingerprint density at radius 1 is 0.791 bits per heavy atom. The molecule has 6 heterocycles. The number of ether oxygens (including phenoxy) is 8. The summed E-state index contributed by atoms with van der Waals surface area (Å²) in [7, 11) is 5.85. The third-order valence-corrected chi connectivity index (χ3v) is 14.1. The maximum atomic E-state index is 14.9. The van der Waals surface area contributed by atoms with Crippen LogP contribution in [0.2, 0.25) is 5.02 Å². The van der Waals surface area contributed by atoms with E-state index in [1.165, 1.54) is 20.3 Å². The fourth-order valence-corrected chi connectivity index (χ4v) is 10.3. The molecular formula is C49H50Cl2FN5O10. The summed E-state index contributed by atoms with van der Waals surface area (Å²) in [6.45, 7) is 7.08. The minimum atomic E-state index is -1.28. The topological polar surface area (TPSA) is 147 Å². The molecule has 0 N–H and O–H groups in total. The van der Waals surface area contributed by atoms with Gasteiger partial charge in [0.05, 0.1) is 93.9 Å². The van der Waals surface area contributed by atoms with Gasteiger partial charge in [-0.25, -0.2) is 23.9 Å². The first-order chi connectivity index (χ1) is 32.4. The second kappa shape index (κ2) is 18.1. The van der Waals surface area contributed by atoms with Crippen molar-refractivity contribution >= 4 is 57.2 Å². The lowest BCUT2D eigenvalue weighted by atomic mass is 10.0. The van der Waals surface area contributed by atoms with Crippen LogP contribution in [-0.4, -0.2) is 103 Å². The summed E-state index contributed by atoms with van der Waals surface area (Å²) in [6.07, 6.45) is 2.26. The number of esters is 2. The second-order valence-electron chi connectivity index (χ2n) is 17.5. The minimum absolute atomic E-state index is 0.111. The number of piperidine rings is 1. The summed E-state index contributed by atoms with van der Waals surface area (Å²) in [5, 5.41) is 0.323. The van der Waals surface area contributed by atoms with Gasteiger partial charge in [0.2, 0.25) is 0 Å². The third kappa shape index (κ3) is 8.30. The van der Waals surface area contributed by atoms with Crippen molar-refractivity contribution in [2.24, 2.45) is 11.8 Å². The zero-order valence-electron chi connectivity index (χ0n) is 37.7. The number of para-hydroxylation sites is 1. The number of halogens is 3. The van der Waals surface area contributed by atoms with E-state index in [9.17, 15) is 14.0 Å². The van der Waals surface area contributed by atoms with E-state index in [4.69, 9.17) is 66.1 Å². The highest BCUT2D eigenvalue weighted by Gasteiger charge is 2.58. The second-order valence-corrected chi connectivity index (χ2v) is 18.2. The fourth-order valence-electron chi connectivity index (χ4n) is 9.94. The number of benzene rings is 4. The van der Waals surface area contributed by atoms with Gasteiger partial charge in [-0.15, -0.1) is 11.6 Å². The molecule has 0 amide bonds. The summed E-state index contributed by atoms with van der Waals surface area (Å²) in [5.74, 6) is 2.98. The largest absolute Gasteiger partial charge is 0.494 e. The average Bonchev–Trinajstić information content (AvgIpc) is 3.71. The Bertz CT molecular complexity index is 2890. The number of likely N-dealkylation sites (tertiary alicyclic amines) is 1. The summed E-state index contributed by atoms with van der Waals surface area (Å²) < 4.78 is 63.7. The molecule has 4 fully saturated rings. The Morgan fingerprint density at radius 2 is 1.36 bits per heavy atom. The molecule has 0 radical (unpaired) electrons. The molecule has 2 unspecified atom stereocenters. The van der Waals surface area contributed by atoms with Gasteiger partial charge in [0.25, 0.3) is 5.79 Å². The number of alkyl halides is 1. The van der Waals surface area contributed by atoms with E-state index in [1.807, 2.05) is 22.8 Å². The van der Waals surface area contributed by atoms with Crippen LogP contribution in [0.3, 0.4) is 0 Å². The highest BCUT2D eigenvalue weighted by Crippen LogP contribution is 2.62. The lowest BCUT2D eigenvalue weighted by Gasteiger charge is -2.28. The van der Waals surface area contributed by atoms with Gasteiger partial charge in [-0.1, -0.05) is 23.7 Å². The zero-order chi connectivity index (χ0) is 46.7. The summed E-state index contributed by atoms with van der Waals surface area (Å²) in [4.78, 5) is 36.3. The minimum Gasteiger partial charge on any atom is -0.494 e. The van der Waals surface area contributed by atoms with E-state index >= 15 is 0 Å². The van der Waals surface area contributed by atoms with E-state index in [0.29, 0.717) is 87.6 Å². The molecule has 2 aromatic heterocycles. The molecule has 67 heavy (non-hydrogen) atoms. The fraction of sp³-hybridized carbons (Fsp3) is 0.429. The van der Waals surface area contributed by atoms with Crippen molar-refractivity contribution in [1.29, 1.82) is 0 Å². The van der Waals surface area contributed by atoms with E-state index in [0.717, 1.165) is 72.9 Å². The Kier molecular flexibility index (Phi) is 12.2. The first-order valence-corrected chi connectivity index (χ1v) is 23.1. The third-order valence-electron chi connectivity index (χ3n) is 13.6. The standard InChI is InChI=1S/C34H33ClFN3O6.C15H17ClN2O4/c1-34(24-8-7-19(35)13-25(24)36)44-27-6-4-5-21(32(27)45-34)30-22-15-38(16-23(22)30)17-29-37-31-26(39(29)14-20-9-10-43-20)11-18(33(40)42-3)12-28(31)41-2;1-20-12-6-9(15(19)21-2)5-11-14(12)17-13(7-16)18(11)8-10-3-4-22-10/h4-8,11-13,20,22-23,30H,9-10,14-17H2,1-3H3;5-6,10H,3-4,7-8H2,1-2H3/t20-,22-,23+,30?,34?;10-/m00/s1. The van der Waals surface area contributed by atoms with Gasteiger partial charge >= 0.3 is 11.9 Å². The number of rotatable bonds is 13. The number of fused-ring (bicyclic) bond motifs is 4.